The predicted octanol–water partition coefficient (Wildman–Crippen LogP) is 3.58. The fourth-order valence-corrected chi connectivity index (χ4v) is 4.35. The Morgan fingerprint density at radius 2 is 2.00 bits per heavy atom. The molecule has 1 aliphatic rings. The summed E-state index contributed by atoms with van der Waals surface area (Å²) in [4.78, 5) is 29.3. The van der Waals surface area contributed by atoms with Crippen LogP contribution < -0.4 is 11.0 Å². The van der Waals surface area contributed by atoms with Crippen LogP contribution >= 0.6 is 0 Å². The maximum absolute atomic E-state index is 12.8. The van der Waals surface area contributed by atoms with Gasteiger partial charge in [0, 0.05) is 38.2 Å². The Labute approximate surface area is 167 Å². The molecule has 0 aromatic carbocycles. The molecule has 1 fully saturated rings. The van der Waals surface area contributed by atoms with Gasteiger partial charge in [-0.05, 0) is 42.2 Å². The second kappa shape index (κ2) is 7.05. The molecule has 0 saturated heterocycles. The fourth-order valence-electron chi connectivity index (χ4n) is 4.35. The van der Waals surface area contributed by atoms with Crippen LogP contribution in [0.25, 0.3) is 11.2 Å². The summed E-state index contributed by atoms with van der Waals surface area (Å²) in [5.74, 6) is 0.305. The van der Waals surface area contributed by atoms with Crippen LogP contribution in [0.1, 0.15) is 72.4 Å². The molecule has 28 heavy (non-hydrogen) atoms. The van der Waals surface area contributed by atoms with Gasteiger partial charge in [0.1, 0.15) is 0 Å². The van der Waals surface area contributed by atoms with Gasteiger partial charge in [-0.15, -0.1) is 0 Å². The largest absolute Gasteiger partial charge is 0.353 e. The molecule has 1 N–H and O–H groups in total. The first kappa shape index (κ1) is 20.6. The Kier molecular flexibility index (Phi) is 5.19. The van der Waals surface area contributed by atoms with Gasteiger partial charge in [-0.2, -0.15) is 0 Å². The van der Waals surface area contributed by atoms with Crippen LogP contribution in [-0.4, -0.2) is 26.1 Å². The van der Waals surface area contributed by atoms with Crippen molar-refractivity contribution >= 4 is 17.1 Å². The number of hydrogen-bond acceptors (Lipinski definition) is 3. The van der Waals surface area contributed by atoms with Gasteiger partial charge < -0.3 is 5.32 Å². The number of nitrogens with zero attached hydrogens (tertiary/aromatic N) is 3. The highest BCUT2D eigenvalue weighted by molar-refractivity contribution is 5.73. The molecule has 2 heterocycles. The third kappa shape index (κ3) is 4.01. The van der Waals surface area contributed by atoms with Gasteiger partial charge in [0.2, 0.25) is 5.91 Å². The van der Waals surface area contributed by atoms with Crippen LogP contribution in [-0.2, 0) is 18.4 Å². The molecule has 2 aromatic rings. The van der Waals surface area contributed by atoms with Crippen molar-refractivity contribution in [2.45, 2.75) is 79.3 Å². The number of pyridine rings is 1. The highest BCUT2D eigenvalue weighted by Gasteiger charge is 2.38. The van der Waals surface area contributed by atoms with Gasteiger partial charge >= 0.3 is 5.69 Å². The van der Waals surface area contributed by atoms with Crippen molar-refractivity contribution < 1.29 is 4.79 Å². The number of aryl methyl sites for hydroxylation is 1. The molecule has 3 rings (SSSR count). The number of hydrogen-bond donors (Lipinski definition) is 1. The zero-order chi connectivity index (χ0) is 20.9. The number of imidazole rings is 1. The van der Waals surface area contributed by atoms with Crippen molar-refractivity contribution in [1.82, 2.24) is 19.4 Å². The van der Waals surface area contributed by atoms with Crippen LogP contribution in [0, 0.1) is 10.8 Å². The van der Waals surface area contributed by atoms with E-state index < -0.39 is 0 Å². The summed E-state index contributed by atoms with van der Waals surface area (Å²) in [6, 6.07) is 4.24. The molecule has 0 aliphatic heterocycles. The monoisotopic (exact) mass is 386 g/mol. The van der Waals surface area contributed by atoms with Gasteiger partial charge in [0.15, 0.2) is 5.65 Å². The van der Waals surface area contributed by atoms with E-state index in [1.54, 1.807) is 18.5 Å². The van der Waals surface area contributed by atoms with Gasteiger partial charge in [-0.1, -0.05) is 34.6 Å². The van der Waals surface area contributed by atoms with E-state index in [4.69, 9.17) is 4.98 Å². The minimum Gasteiger partial charge on any atom is -0.353 e. The molecule has 2 unspecified atom stereocenters. The van der Waals surface area contributed by atoms with Crippen molar-refractivity contribution in [3.63, 3.8) is 0 Å². The van der Waals surface area contributed by atoms with E-state index in [1.165, 1.54) is 0 Å². The van der Waals surface area contributed by atoms with Crippen molar-refractivity contribution in [3.05, 3.63) is 28.3 Å². The standard InChI is InChI=1S/C22H34N4O2/c1-14(27)23-18-12-15(10-11-22(18,5)6)16-8-9-17-19(24-16)25(7)20(28)26(17)13-21(2,3)4/h8-9,15,18H,10-13H2,1-7H3,(H,23,27). The van der Waals surface area contributed by atoms with Crippen molar-refractivity contribution in [1.29, 1.82) is 0 Å². The predicted molar refractivity (Wildman–Crippen MR) is 112 cm³/mol. The normalized spacial score (nSPS) is 22.4. The molecule has 0 spiro atoms. The molecule has 0 radical (unpaired) electrons. The Balaban J connectivity index is 1.96. The van der Waals surface area contributed by atoms with Gasteiger partial charge in [0.05, 0.1) is 5.52 Å². The molecule has 154 valence electrons. The lowest BCUT2D eigenvalue weighted by Crippen LogP contribution is -2.47. The molecular formula is C22H34N4O2. The summed E-state index contributed by atoms with van der Waals surface area (Å²) in [7, 11) is 1.80. The Morgan fingerprint density at radius 1 is 1.32 bits per heavy atom. The van der Waals surface area contributed by atoms with E-state index in [-0.39, 0.29) is 34.4 Å². The molecule has 6 heteroatoms. The Morgan fingerprint density at radius 3 is 2.61 bits per heavy atom. The first-order valence-electron chi connectivity index (χ1n) is 10.2. The van der Waals surface area contributed by atoms with E-state index in [2.05, 4.69) is 46.0 Å². The molecule has 1 saturated carbocycles. The molecule has 0 bridgehead atoms. The maximum Gasteiger partial charge on any atom is 0.330 e. The SMILES string of the molecule is CC(=O)NC1CC(c2ccc3c(n2)n(C)c(=O)n3CC(C)(C)C)CCC1(C)C. The van der Waals surface area contributed by atoms with Crippen molar-refractivity contribution in [2.75, 3.05) is 0 Å². The average molecular weight is 387 g/mol. The number of fused-ring (bicyclic) bond motifs is 1. The number of nitrogens with one attached hydrogen (secondary N) is 1. The second-order valence-corrected chi connectivity index (χ2v) is 10.3. The van der Waals surface area contributed by atoms with Crippen LogP contribution in [0.15, 0.2) is 16.9 Å². The van der Waals surface area contributed by atoms with Crippen LogP contribution in [0.3, 0.4) is 0 Å². The summed E-state index contributed by atoms with van der Waals surface area (Å²) in [5, 5.41) is 3.13. The molecule has 2 aromatic heterocycles. The lowest BCUT2D eigenvalue weighted by molar-refractivity contribution is -0.120. The van der Waals surface area contributed by atoms with Gasteiger partial charge in [0.25, 0.3) is 0 Å². The van der Waals surface area contributed by atoms with Crippen LogP contribution in [0.5, 0.6) is 0 Å². The van der Waals surface area contributed by atoms with E-state index in [0.717, 1.165) is 36.1 Å². The lowest BCUT2D eigenvalue weighted by Gasteiger charge is -2.42. The minimum atomic E-state index is -0.0181. The Hall–Kier alpha value is -2.11. The third-order valence-electron chi connectivity index (χ3n) is 6.03. The molecule has 1 amide bonds. The summed E-state index contributed by atoms with van der Waals surface area (Å²) in [6.07, 6.45) is 2.95. The molecule has 1 aliphatic carbocycles. The fraction of sp³-hybridized carbons (Fsp3) is 0.682. The van der Waals surface area contributed by atoms with Crippen molar-refractivity contribution in [2.24, 2.45) is 17.9 Å². The third-order valence-corrected chi connectivity index (χ3v) is 6.03. The summed E-state index contributed by atoms with van der Waals surface area (Å²) >= 11 is 0. The molecule has 2 atom stereocenters. The van der Waals surface area contributed by atoms with E-state index >= 15 is 0 Å². The first-order valence-corrected chi connectivity index (χ1v) is 10.2. The zero-order valence-corrected chi connectivity index (χ0v) is 18.3. The lowest BCUT2D eigenvalue weighted by atomic mass is 9.68. The zero-order valence-electron chi connectivity index (χ0n) is 18.3. The summed E-state index contributed by atoms with van der Waals surface area (Å²) < 4.78 is 3.48. The van der Waals surface area contributed by atoms with E-state index in [0.29, 0.717) is 6.54 Å². The Bertz CT molecular complexity index is 946. The molecular weight excluding hydrogens is 352 g/mol. The number of carbonyl (C=O) groups excluding carboxylic acids is 1. The minimum absolute atomic E-state index is 0.0112. The van der Waals surface area contributed by atoms with E-state index in [9.17, 15) is 9.59 Å². The molecule has 6 nitrogen and oxygen atoms in total. The van der Waals surface area contributed by atoms with Crippen LogP contribution in [0.4, 0.5) is 0 Å². The van der Waals surface area contributed by atoms with E-state index in [1.807, 2.05) is 10.6 Å². The highest BCUT2D eigenvalue weighted by Crippen LogP contribution is 2.42. The topological polar surface area (TPSA) is 68.9 Å². The number of aromatic nitrogens is 3. The smallest absolute Gasteiger partial charge is 0.330 e. The number of amides is 1. The first-order chi connectivity index (χ1) is 12.9. The van der Waals surface area contributed by atoms with Crippen molar-refractivity contribution in [3.8, 4) is 0 Å². The van der Waals surface area contributed by atoms with Gasteiger partial charge in [-0.3, -0.25) is 13.9 Å². The summed E-state index contributed by atoms with van der Waals surface area (Å²) in [6.45, 7) is 13.1. The van der Waals surface area contributed by atoms with Gasteiger partial charge in [-0.25, -0.2) is 9.78 Å². The maximum atomic E-state index is 12.8. The quantitative estimate of drug-likeness (QED) is 0.877. The number of rotatable bonds is 3. The summed E-state index contributed by atoms with van der Waals surface area (Å²) in [5.41, 5.74) is 2.72. The number of carbonyl (C=O) groups is 1. The second-order valence-electron chi connectivity index (χ2n) is 10.3. The highest BCUT2D eigenvalue weighted by atomic mass is 16.2. The average Bonchev–Trinajstić information content (AvgIpc) is 2.80. The van der Waals surface area contributed by atoms with Crippen LogP contribution in [0.2, 0.25) is 0 Å².